The number of nitrogens with one attached hydrogen (secondary N) is 1. The van der Waals surface area contributed by atoms with Crippen molar-refractivity contribution < 1.29 is 9.53 Å². The minimum absolute atomic E-state index is 0.130. The SMILES string of the molecule is O=C(COc1cccc(Cl)c1)N/N=C/c1ccc2ccccc2c1. The second kappa shape index (κ2) is 7.62. The van der Waals surface area contributed by atoms with E-state index in [1.54, 1.807) is 30.5 Å². The van der Waals surface area contributed by atoms with E-state index in [1.807, 2.05) is 42.5 Å². The Bertz CT molecular complexity index is 893. The Kier molecular flexibility index (Phi) is 5.08. The van der Waals surface area contributed by atoms with Crippen molar-refractivity contribution in [1.82, 2.24) is 5.43 Å². The minimum atomic E-state index is -0.341. The molecule has 3 aromatic rings. The average Bonchev–Trinajstić information content (AvgIpc) is 2.60. The van der Waals surface area contributed by atoms with Crippen molar-refractivity contribution in [1.29, 1.82) is 0 Å². The summed E-state index contributed by atoms with van der Waals surface area (Å²) in [7, 11) is 0. The van der Waals surface area contributed by atoms with E-state index in [9.17, 15) is 4.79 Å². The Morgan fingerprint density at radius 1 is 1.04 bits per heavy atom. The van der Waals surface area contributed by atoms with Crippen molar-refractivity contribution in [2.75, 3.05) is 6.61 Å². The van der Waals surface area contributed by atoms with Crippen LogP contribution in [0.2, 0.25) is 5.02 Å². The number of hydrazone groups is 1. The van der Waals surface area contributed by atoms with Crippen LogP contribution in [0.25, 0.3) is 10.8 Å². The summed E-state index contributed by atoms with van der Waals surface area (Å²) in [6.07, 6.45) is 1.60. The Morgan fingerprint density at radius 2 is 1.88 bits per heavy atom. The first-order valence-electron chi connectivity index (χ1n) is 7.40. The second-order valence-corrected chi connectivity index (χ2v) is 5.58. The van der Waals surface area contributed by atoms with Crippen LogP contribution in [0.4, 0.5) is 0 Å². The first kappa shape index (κ1) is 16.0. The van der Waals surface area contributed by atoms with Gasteiger partial charge in [0.25, 0.3) is 5.91 Å². The molecule has 1 amide bonds. The van der Waals surface area contributed by atoms with E-state index in [1.165, 1.54) is 0 Å². The van der Waals surface area contributed by atoms with Gasteiger partial charge >= 0.3 is 0 Å². The van der Waals surface area contributed by atoms with Gasteiger partial charge in [-0.15, -0.1) is 0 Å². The molecular weight excluding hydrogens is 324 g/mol. The number of nitrogens with zero attached hydrogens (tertiary/aromatic N) is 1. The van der Waals surface area contributed by atoms with Crippen LogP contribution < -0.4 is 10.2 Å². The molecule has 3 rings (SSSR count). The molecule has 24 heavy (non-hydrogen) atoms. The summed E-state index contributed by atoms with van der Waals surface area (Å²) in [5, 5.41) is 6.79. The average molecular weight is 339 g/mol. The number of fused-ring (bicyclic) bond motifs is 1. The molecular formula is C19H15ClN2O2. The molecule has 0 saturated carbocycles. The minimum Gasteiger partial charge on any atom is -0.484 e. The summed E-state index contributed by atoms with van der Waals surface area (Å²) in [6, 6.07) is 20.9. The lowest BCUT2D eigenvalue weighted by molar-refractivity contribution is -0.123. The number of halogens is 1. The fourth-order valence-electron chi connectivity index (χ4n) is 2.20. The zero-order valence-electron chi connectivity index (χ0n) is 12.8. The Hall–Kier alpha value is -2.85. The number of rotatable bonds is 5. The first-order chi connectivity index (χ1) is 11.7. The van der Waals surface area contributed by atoms with E-state index in [4.69, 9.17) is 16.3 Å². The van der Waals surface area contributed by atoms with Gasteiger partial charge < -0.3 is 4.74 Å². The summed E-state index contributed by atoms with van der Waals surface area (Å²) in [6.45, 7) is -0.130. The molecule has 0 bridgehead atoms. The number of carbonyl (C=O) groups is 1. The van der Waals surface area contributed by atoms with Gasteiger partial charge in [0, 0.05) is 5.02 Å². The second-order valence-electron chi connectivity index (χ2n) is 5.15. The first-order valence-corrected chi connectivity index (χ1v) is 7.77. The van der Waals surface area contributed by atoms with Crippen molar-refractivity contribution in [3.05, 3.63) is 77.3 Å². The molecule has 0 heterocycles. The van der Waals surface area contributed by atoms with E-state index in [0.29, 0.717) is 10.8 Å². The topological polar surface area (TPSA) is 50.7 Å². The lowest BCUT2D eigenvalue weighted by atomic mass is 10.1. The van der Waals surface area contributed by atoms with Gasteiger partial charge in [0.2, 0.25) is 0 Å². The molecule has 0 unspecified atom stereocenters. The van der Waals surface area contributed by atoms with Gasteiger partial charge in [-0.1, -0.05) is 54.1 Å². The number of carbonyl (C=O) groups excluding carboxylic acids is 1. The van der Waals surface area contributed by atoms with Crippen LogP contribution >= 0.6 is 11.6 Å². The van der Waals surface area contributed by atoms with Crippen LogP contribution in [0.3, 0.4) is 0 Å². The molecule has 0 fully saturated rings. The molecule has 0 aliphatic carbocycles. The standard InChI is InChI=1S/C19H15ClN2O2/c20-17-6-3-7-18(11-17)24-13-19(23)22-21-12-14-8-9-15-4-1-2-5-16(15)10-14/h1-12H,13H2,(H,22,23)/b21-12+. The third-order valence-corrected chi connectivity index (χ3v) is 3.58. The van der Waals surface area contributed by atoms with Crippen molar-refractivity contribution >= 4 is 34.5 Å². The van der Waals surface area contributed by atoms with E-state index in [-0.39, 0.29) is 12.5 Å². The lowest BCUT2D eigenvalue weighted by Gasteiger charge is -2.05. The molecule has 5 heteroatoms. The maximum absolute atomic E-state index is 11.7. The Morgan fingerprint density at radius 3 is 2.71 bits per heavy atom. The highest BCUT2D eigenvalue weighted by Crippen LogP contribution is 2.17. The molecule has 0 atom stereocenters. The predicted octanol–water partition coefficient (Wildman–Crippen LogP) is 4.02. The summed E-state index contributed by atoms with van der Waals surface area (Å²) in [5.41, 5.74) is 3.34. The van der Waals surface area contributed by atoms with Gasteiger partial charge in [0.1, 0.15) is 5.75 Å². The zero-order chi connectivity index (χ0) is 16.8. The quantitative estimate of drug-likeness (QED) is 0.564. The third-order valence-electron chi connectivity index (χ3n) is 3.34. The van der Waals surface area contributed by atoms with Gasteiger partial charge in [0.15, 0.2) is 6.61 Å². The van der Waals surface area contributed by atoms with Crippen LogP contribution in [-0.4, -0.2) is 18.7 Å². The molecule has 0 aromatic heterocycles. The maximum Gasteiger partial charge on any atom is 0.277 e. The van der Waals surface area contributed by atoms with Gasteiger partial charge in [0.05, 0.1) is 6.21 Å². The summed E-state index contributed by atoms with van der Waals surface area (Å²) >= 11 is 5.85. The van der Waals surface area contributed by atoms with Crippen molar-refractivity contribution in [3.8, 4) is 5.75 Å². The van der Waals surface area contributed by atoms with Gasteiger partial charge in [-0.2, -0.15) is 5.10 Å². The fraction of sp³-hybridized carbons (Fsp3) is 0.0526. The lowest BCUT2D eigenvalue weighted by Crippen LogP contribution is -2.24. The van der Waals surface area contributed by atoms with Crippen LogP contribution in [0.15, 0.2) is 71.8 Å². The Labute approximate surface area is 144 Å². The Balaban J connectivity index is 1.54. The number of hydrogen-bond donors (Lipinski definition) is 1. The van der Waals surface area contributed by atoms with Crippen LogP contribution in [-0.2, 0) is 4.79 Å². The maximum atomic E-state index is 11.7. The highest BCUT2D eigenvalue weighted by Gasteiger charge is 2.01. The predicted molar refractivity (Wildman–Crippen MR) is 96.6 cm³/mol. The largest absolute Gasteiger partial charge is 0.484 e. The third kappa shape index (κ3) is 4.33. The van der Waals surface area contributed by atoms with E-state index >= 15 is 0 Å². The normalized spacial score (nSPS) is 10.9. The number of benzene rings is 3. The summed E-state index contributed by atoms with van der Waals surface area (Å²) in [5.74, 6) is 0.197. The summed E-state index contributed by atoms with van der Waals surface area (Å²) in [4.78, 5) is 11.7. The molecule has 0 spiro atoms. The molecule has 4 nitrogen and oxygen atoms in total. The fourth-order valence-corrected chi connectivity index (χ4v) is 2.39. The molecule has 0 saturated heterocycles. The molecule has 120 valence electrons. The van der Waals surface area contributed by atoms with E-state index in [0.717, 1.165) is 16.3 Å². The van der Waals surface area contributed by atoms with Crippen molar-refractivity contribution in [3.63, 3.8) is 0 Å². The highest BCUT2D eigenvalue weighted by atomic mass is 35.5. The number of hydrogen-bond acceptors (Lipinski definition) is 3. The van der Waals surface area contributed by atoms with Gasteiger partial charge in [-0.3, -0.25) is 4.79 Å². The monoisotopic (exact) mass is 338 g/mol. The molecule has 1 N–H and O–H groups in total. The molecule has 0 aliphatic rings. The smallest absolute Gasteiger partial charge is 0.277 e. The van der Waals surface area contributed by atoms with Gasteiger partial charge in [-0.25, -0.2) is 5.43 Å². The highest BCUT2D eigenvalue weighted by molar-refractivity contribution is 6.30. The van der Waals surface area contributed by atoms with Crippen LogP contribution in [0, 0.1) is 0 Å². The van der Waals surface area contributed by atoms with Crippen molar-refractivity contribution in [2.24, 2.45) is 5.10 Å². The van der Waals surface area contributed by atoms with Crippen LogP contribution in [0.1, 0.15) is 5.56 Å². The molecule has 0 radical (unpaired) electrons. The van der Waals surface area contributed by atoms with Gasteiger partial charge in [-0.05, 0) is 40.6 Å². The van der Waals surface area contributed by atoms with Crippen molar-refractivity contribution in [2.45, 2.75) is 0 Å². The van der Waals surface area contributed by atoms with Crippen LogP contribution in [0.5, 0.6) is 5.75 Å². The molecule has 0 aliphatic heterocycles. The zero-order valence-corrected chi connectivity index (χ0v) is 13.5. The van der Waals surface area contributed by atoms with E-state index < -0.39 is 0 Å². The number of ether oxygens (including phenoxy) is 1. The summed E-state index contributed by atoms with van der Waals surface area (Å²) < 4.78 is 5.34. The van der Waals surface area contributed by atoms with E-state index in [2.05, 4.69) is 10.5 Å². The number of amides is 1. The molecule has 3 aromatic carbocycles.